The van der Waals surface area contributed by atoms with Crippen LogP contribution in [0.4, 0.5) is 10.1 Å². The van der Waals surface area contributed by atoms with Crippen LogP contribution in [0.2, 0.25) is 0 Å². The molecule has 0 spiro atoms. The van der Waals surface area contributed by atoms with E-state index < -0.39 is 10.0 Å². The minimum Gasteiger partial charge on any atom is -0.352 e. The minimum atomic E-state index is -3.52. The van der Waals surface area contributed by atoms with Crippen molar-refractivity contribution in [3.63, 3.8) is 0 Å². The lowest BCUT2D eigenvalue weighted by Gasteiger charge is -2.23. The highest BCUT2D eigenvalue weighted by molar-refractivity contribution is 7.92. The number of hydrogen-bond acceptors (Lipinski definition) is 3. The molecule has 0 bridgehead atoms. The number of carbonyl (C=O) groups is 1. The van der Waals surface area contributed by atoms with Crippen LogP contribution in [0.25, 0.3) is 0 Å². The Balaban J connectivity index is 2.02. The van der Waals surface area contributed by atoms with Crippen molar-refractivity contribution in [3.8, 4) is 0 Å². The van der Waals surface area contributed by atoms with Crippen molar-refractivity contribution in [2.45, 2.75) is 26.8 Å². The molecule has 7 heteroatoms. The predicted octanol–water partition coefficient (Wildman–Crippen LogP) is 2.92. The summed E-state index contributed by atoms with van der Waals surface area (Å²) in [4.78, 5) is 12.1. The highest BCUT2D eigenvalue weighted by Gasteiger charge is 2.19. The van der Waals surface area contributed by atoms with Gasteiger partial charge in [-0.05, 0) is 43.2 Å². The molecule has 0 unspecified atom stereocenters. The van der Waals surface area contributed by atoms with Crippen molar-refractivity contribution >= 4 is 21.6 Å². The van der Waals surface area contributed by atoms with E-state index in [0.29, 0.717) is 11.3 Å². The first-order valence-corrected chi connectivity index (χ1v) is 10.1. The Morgan fingerprint density at radius 2 is 1.81 bits per heavy atom. The van der Waals surface area contributed by atoms with Gasteiger partial charge >= 0.3 is 0 Å². The molecule has 1 N–H and O–H groups in total. The van der Waals surface area contributed by atoms with Gasteiger partial charge in [0.05, 0.1) is 11.9 Å². The third kappa shape index (κ3) is 5.29. The number of rotatable bonds is 7. The van der Waals surface area contributed by atoms with Crippen molar-refractivity contribution in [3.05, 3.63) is 65.0 Å². The molecule has 0 heterocycles. The van der Waals surface area contributed by atoms with Gasteiger partial charge in [0.1, 0.15) is 5.82 Å². The maximum absolute atomic E-state index is 13.6. The molecule has 0 aliphatic heterocycles. The van der Waals surface area contributed by atoms with Gasteiger partial charge in [-0.3, -0.25) is 9.10 Å². The van der Waals surface area contributed by atoms with Gasteiger partial charge in [0, 0.05) is 25.1 Å². The van der Waals surface area contributed by atoms with Crippen molar-refractivity contribution in [1.82, 2.24) is 5.32 Å². The Morgan fingerprint density at radius 3 is 2.42 bits per heavy atom. The number of hydrogen-bond donors (Lipinski definition) is 1. The molecule has 0 saturated heterocycles. The quantitative estimate of drug-likeness (QED) is 0.806. The number of carbonyl (C=O) groups excluding carboxylic acids is 1. The van der Waals surface area contributed by atoms with E-state index >= 15 is 0 Å². The van der Waals surface area contributed by atoms with Crippen molar-refractivity contribution < 1.29 is 17.6 Å². The van der Waals surface area contributed by atoms with Crippen LogP contribution in [0.15, 0.2) is 42.5 Å². The Morgan fingerprint density at radius 1 is 1.12 bits per heavy atom. The van der Waals surface area contributed by atoms with Gasteiger partial charge in [-0.15, -0.1) is 0 Å². The first-order chi connectivity index (χ1) is 12.2. The molecule has 2 rings (SSSR count). The standard InChI is InChI=1S/C19H23FN2O3S/c1-14-8-9-17(12-15(14)2)22(26(3,24)25)11-10-19(23)21-13-16-6-4-5-7-18(16)20/h4-9,12H,10-11,13H2,1-3H3,(H,21,23). The van der Waals surface area contributed by atoms with Crippen LogP contribution < -0.4 is 9.62 Å². The molecule has 0 saturated carbocycles. The number of aryl methyl sites for hydroxylation is 2. The second-order valence-corrected chi connectivity index (χ2v) is 8.13. The Labute approximate surface area is 153 Å². The largest absolute Gasteiger partial charge is 0.352 e. The smallest absolute Gasteiger partial charge is 0.232 e. The number of nitrogens with one attached hydrogen (secondary N) is 1. The second kappa shape index (κ2) is 8.31. The van der Waals surface area contributed by atoms with Gasteiger partial charge in [0.15, 0.2) is 0 Å². The number of sulfonamides is 1. The van der Waals surface area contributed by atoms with E-state index in [0.717, 1.165) is 17.4 Å². The van der Waals surface area contributed by atoms with E-state index in [-0.39, 0.29) is 31.2 Å². The minimum absolute atomic E-state index is 0.0183. The van der Waals surface area contributed by atoms with E-state index in [4.69, 9.17) is 0 Å². The third-order valence-electron chi connectivity index (χ3n) is 4.15. The Kier molecular flexibility index (Phi) is 6.37. The van der Waals surface area contributed by atoms with E-state index in [1.807, 2.05) is 19.9 Å². The van der Waals surface area contributed by atoms with E-state index in [9.17, 15) is 17.6 Å². The topological polar surface area (TPSA) is 66.5 Å². The Hall–Kier alpha value is -2.41. The molecule has 5 nitrogen and oxygen atoms in total. The summed E-state index contributed by atoms with van der Waals surface area (Å²) in [5.74, 6) is -0.730. The van der Waals surface area contributed by atoms with Crippen LogP contribution in [0.1, 0.15) is 23.1 Å². The zero-order valence-electron chi connectivity index (χ0n) is 15.1. The summed E-state index contributed by atoms with van der Waals surface area (Å²) in [6.45, 7) is 3.93. The van der Waals surface area contributed by atoms with Crippen LogP contribution in [0, 0.1) is 19.7 Å². The lowest BCUT2D eigenvalue weighted by Crippen LogP contribution is -2.34. The van der Waals surface area contributed by atoms with Gasteiger partial charge < -0.3 is 5.32 Å². The summed E-state index contributed by atoms with van der Waals surface area (Å²) in [5, 5.41) is 2.62. The highest BCUT2D eigenvalue weighted by atomic mass is 32.2. The number of halogens is 1. The molecule has 0 fully saturated rings. The number of amides is 1. The fourth-order valence-electron chi connectivity index (χ4n) is 2.49. The van der Waals surface area contributed by atoms with Crippen LogP contribution in [-0.2, 0) is 21.4 Å². The number of anilines is 1. The van der Waals surface area contributed by atoms with Gasteiger partial charge in [-0.1, -0.05) is 24.3 Å². The molecule has 140 valence electrons. The lowest BCUT2D eigenvalue weighted by molar-refractivity contribution is -0.121. The van der Waals surface area contributed by atoms with E-state index in [1.54, 1.807) is 30.3 Å². The first kappa shape index (κ1) is 19.9. The predicted molar refractivity (Wildman–Crippen MR) is 101 cm³/mol. The van der Waals surface area contributed by atoms with E-state index in [1.165, 1.54) is 10.4 Å². The van der Waals surface area contributed by atoms with Gasteiger partial charge in [0.2, 0.25) is 15.9 Å². The monoisotopic (exact) mass is 378 g/mol. The summed E-state index contributed by atoms with van der Waals surface area (Å²) in [6.07, 6.45) is 1.09. The molecule has 26 heavy (non-hydrogen) atoms. The third-order valence-corrected chi connectivity index (χ3v) is 5.35. The molecule has 0 aliphatic rings. The molecule has 0 radical (unpaired) electrons. The normalized spacial score (nSPS) is 11.2. The average molecular weight is 378 g/mol. The van der Waals surface area contributed by atoms with Crippen molar-refractivity contribution in [2.75, 3.05) is 17.1 Å². The van der Waals surface area contributed by atoms with Crippen LogP contribution in [0.3, 0.4) is 0 Å². The summed E-state index contributed by atoms with van der Waals surface area (Å²) in [7, 11) is -3.52. The maximum Gasteiger partial charge on any atom is 0.232 e. The number of nitrogens with zero attached hydrogens (tertiary/aromatic N) is 1. The second-order valence-electron chi connectivity index (χ2n) is 6.22. The summed E-state index contributed by atoms with van der Waals surface area (Å²) < 4.78 is 39.0. The Bertz CT molecular complexity index is 897. The summed E-state index contributed by atoms with van der Waals surface area (Å²) in [6, 6.07) is 11.5. The lowest BCUT2D eigenvalue weighted by atomic mass is 10.1. The molecule has 2 aromatic carbocycles. The zero-order chi connectivity index (χ0) is 19.3. The fraction of sp³-hybridized carbons (Fsp3) is 0.316. The first-order valence-electron chi connectivity index (χ1n) is 8.23. The van der Waals surface area contributed by atoms with Gasteiger partial charge in [-0.25, -0.2) is 12.8 Å². The number of benzene rings is 2. The molecule has 0 atom stereocenters. The molecule has 0 aromatic heterocycles. The van der Waals surface area contributed by atoms with Crippen molar-refractivity contribution in [1.29, 1.82) is 0 Å². The zero-order valence-corrected chi connectivity index (χ0v) is 15.9. The molecular weight excluding hydrogens is 355 g/mol. The molecular formula is C19H23FN2O3S. The fourth-order valence-corrected chi connectivity index (χ4v) is 3.41. The van der Waals surface area contributed by atoms with Gasteiger partial charge in [0.25, 0.3) is 0 Å². The SMILES string of the molecule is Cc1ccc(N(CCC(=O)NCc2ccccc2F)S(C)(=O)=O)cc1C. The highest BCUT2D eigenvalue weighted by Crippen LogP contribution is 2.21. The van der Waals surface area contributed by atoms with Gasteiger partial charge in [-0.2, -0.15) is 0 Å². The molecule has 1 amide bonds. The molecule has 0 aliphatic carbocycles. The van der Waals surface area contributed by atoms with Crippen LogP contribution >= 0.6 is 0 Å². The average Bonchev–Trinajstić information content (AvgIpc) is 2.56. The summed E-state index contributed by atoms with van der Waals surface area (Å²) >= 11 is 0. The van der Waals surface area contributed by atoms with Crippen LogP contribution in [0.5, 0.6) is 0 Å². The van der Waals surface area contributed by atoms with Crippen molar-refractivity contribution in [2.24, 2.45) is 0 Å². The maximum atomic E-state index is 13.6. The molecule has 2 aromatic rings. The van der Waals surface area contributed by atoms with Crippen LogP contribution in [-0.4, -0.2) is 27.1 Å². The summed E-state index contributed by atoms with van der Waals surface area (Å²) in [5.41, 5.74) is 2.94. The van der Waals surface area contributed by atoms with E-state index in [2.05, 4.69) is 5.32 Å².